The van der Waals surface area contributed by atoms with Crippen molar-refractivity contribution in [3.05, 3.63) is 48.0 Å². The summed E-state index contributed by atoms with van der Waals surface area (Å²) in [4.78, 5) is 0. The Labute approximate surface area is 173 Å². The molecule has 0 unspecified atom stereocenters. The van der Waals surface area contributed by atoms with Crippen LogP contribution in [0.3, 0.4) is 0 Å². The Hall–Kier alpha value is -3.00. The van der Waals surface area contributed by atoms with Crippen molar-refractivity contribution in [1.29, 1.82) is 0 Å². The average Bonchev–Trinajstić information content (AvgIpc) is 3.16. The van der Waals surface area contributed by atoms with Crippen LogP contribution in [0.2, 0.25) is 0 Å². The molecule has 4 rings (SSSR count). The first-order valence-corrected chi connectivity index (χ1v) is 10.2. The summed E-state index contributed by atoms with van der Waals surface area (Å²) in [6.45, 7) is 4.69. The van der Waals surface area contributed by atoms with Gasteiger partial charge in [0.1, 0.15) is 5.75 Å². The van der Waals surface area contributed by atoms with Crippen molar-refractivity contribution in [3.8, 4) is 28.6 Å². The Morgan fingerprint density at radius 3 is 2.55 bits per heavy atom. The summed E-state index contributed by atoms with van der Waals surface area (Å²) in [7, 11) is 3.22. The molecule has 0 N–H and O–H groups in total. The first-order chi connectivity index (χ1) is 14.2. The summed E-state index contributed by atoms with van der Waals surface area (Å²) in [5, 5.41) is 14.5. The summed E-state index contributed by atoms with van der Waals surface area (Å²) in [5.74, 6) is 2.76. The van der Waals surface area contributed by atoms with Crippen LogP contribution in [0.15, 0.2) is 52.7 Å². The van der Waals surface area contributed by atoms with Gasteiger partial charge < -0.3 is 14.2 Å². The van der Waals surface area contributed by atoms with Crippen LogP contribution in [0.5, 0.6) is 17.2 Å². The first-order valence-electron chi connectivity index (χ1n) is 9.31. The van der Waals surface area contributed by atoms with E-state index >= 15 is 0 Å². The number of methoxy groups -OCH3 is 2. The van der Waals surface area contributed by atoms with Crippen molar-refractivity contribution in [2.24, 2.45) is 5.10 Å². The number of benzene rings is 2. The molecular formula is C21H22N4O3S. The van der Waals surface area contributed by atoms with Gasteiger partial charge in [-0.15, -0.1) is 10.2 Å². The third-order valence-electron chi connectivity index (χ3n) is 4.59. The van der Waals surface area contributed by atoms with Gasteiger partial charge in [0.2, 0.25) is 5.16 Å². The van der Waals surface area contributed by atoms with E-state index in [-0.39, 0.29) is 5.25 Å². The molecule has 150 valence electrons. The number of fused-ring (bicyclic) bond motifs is 1. The van der Waals surface area contributed by atoms with E-state index in [9.17, 15) is 0 Å². The Morgan fingerprint density at radius 2 is 1.79 bits per heavy atom. The van der Waals surface area contributed by atoms with Crippen LogP contribution in [0, 0.1) is 0 Å². The van der Waals surface area contributed by atoms with Gasteiger partial charge >= 0.3 is 0 Å². The quantitative estimate of drug-likeness (QED) is 0.609. The van der Waals surface area contributed by atoms with Crippen LogP contribution in [0.25, 0.3) is 11.4 Å². The van der Waals surface area contributed by atoms with Gasteiger partial charge in [-0.3, -0.25) is 0 Å². The second-order valence-electron chi connectivity index (χ2n) is 6.36. The number of ether oxygens (including phenoxy) is 3. The minimum Gasteiger partial charge on any atom is -0.493 e. The maximum absolute atomic E-state index is 5.82. The van der Waals surface area contributed by atoms with Gasteiger partial charge in [0.25, 0.3) is 0 Å². The number of thioether (sulfide) groups is 1. The lowest BCUT2D eigenvalue weighted by molar-refractivity contribution is 0.339. The monoisotopic (exact) mass is 410 g/mol. The molecule has 29 heavy (non-hydrogen) atoms. The fourth-order valence-corrected chi connectivity index (χ4v) is 4.14. The zero-order valence-electron chi connectivity index (χ0n) is 16.7. The lowest BCUT2D eigenvalue weighted by atomic mass is 10.1. The van der Waals surface area contributed by atoms with Gasteiger partial charge in [-0.25, -0.2) is 0 Å². The summed E-state index contributed by atoms with van der Waals surface area (Å²) in [6.07, 6.45) is 0. The molecule has 2 heterocycles. The van der Waals surface area contributed by atoms with Crippen molar-refractivity contribution < 1.29 is 14.2 Å². The zero-order valence-corrected chi connectivity index (χ0v) is 17.6. The molecule has 0 saturated carbocycles. The molecule has 8 heteroatoms. The fraction of sp³-hybridized carbons (Fsp3) is 0.286. The maximum atomic E-state index is 5.82. The highest BCUT2D eigenvalue weighted by Crippen LogP contribution is 2.37. The van der Waals surface area contributed by atoms with E-state index in [0.29, 0.717) is 23.9 Å². The Kier molecular flexibility index (Phi) is 5.44. The largest absolute Gasteiger partial charge is 0.493 e. The summed E-state index contributed by atoms with van der Waals surface area (Å²) in [5.41, 5.74) is 2.75. The molecule has 0 spiro atoms. The Morgan fingerprint density at radius 1 is 1.00 bits per heavy atom. The van der Waals surface area contributed by atoms with Crippen LogP contribution in [0.4, 0.5) is 0 Å². The van der Waals surface area contributed by atoms with Gasteiger partial charge in [0.05, 0.1) is 31.8 Å². The van der Waals surface area contributed by atoms with Gasteiger partial charge in [-0.1, -0.05) is 23.9 Å². The Balaban J connectivity index is 1.81. The van der Waals surface area contributed by atoms with Gasteiger partial charge in [-0.05, 0) is 44.2 Å². The number of hydrogen-bond acceptors (Lipinski definition) is 7. The standard InChI is InChI=1S/C21H22N4O3S/c1-5-28-16-9-7-6-8-15(16)19-13(2)29-21-23-22-20(25(21)24-19)14-10-11-17(26-3)18(12-14)27-4/h6-13H,5H2,1-4H3/t13-/m1/s1. The normalized spacial score (nSPS) is 15.4. The SMILES string of the molecule is CCOc1ccccc1C1=Nn2c(nnc2-c2ccc(OC)c(OC)c2)S[C@@H]1C. The predicted molar refractivity (Wildman–Crippen MR) is 113 cm³/mol. The lowest BCUT2D eigenvalue weighted by Crippen LogP contribution is -2.22. The third kappa shape index (κ3) is 3.55. The van der Waals surface area contributed by atoms with Crippen LogP contribution in [-0.4, -0.2) is 46.7 Å². The molecule has 0 aliphatic carbocycles. The van der Waals surface area contributed by atoms with E-state index in [4.69, 9.17) is 19.3 Å². The third-order valence-corrected chi connectivity index (χ3v) is 5.63. The maximum Gasteiger partial charge on any atom is 0.213 e. The number of hydrogen-bond donors (Lipinski definition) is 0. The van der Waals surface area contributed by atoms with E-state index in [0.717, 1.165) is 27.7 Å². The zero-order chi connectivity index (χ0) is 20.4. The Bertz CT molecular complexity index is 1060. The molecule has 1 aromatic heterocycles. The minimum atomic E-state index is 0.117. The van der Waals surface area contributed by atoms with Crippen molar-refractivity contribution in [2.45, 2.75) is 24.3 Å². The molecule has 1 aliphatic rings. The minimum absolute atomic E-state index is 0.117. The summed E-state index contributed by atoms with van der Waals surface area (Å²) < 4.78 is 18.4. The molecule has 0 fully saturated rings. The number of rotatable bonds is 6. The lowest BCUT2D eigenvalue weighted by Gasteiger charge is -2.21. The smallest absolute Gasteiger partial charge is 0.213 e. The highest BCUT2D eigenvalue weighted by atomic mass is 32.2. The highest BCUT2D eigenvalue weighted by molar-refractivity contribution is 8.00. The summed E-state index contributed by atoms with van der Waals surface area (Å²) >= 11 is 1.62. The second kappa shape index (κ2) is 8.16. The van der Waals surface area contributed by atoms with E-state index in [1.807, 2.05) is 49.4 Å². The van der Waals surface area contributed by atoms with E-state index < -0.39 is 0 Å². The summed E-state index contributed by atoms with van der Waals surface area (Å²) in [6, 6.07) is 13.6. The molecule has 1 atom stereocenters. The van der Waals surface area contributed by atoms with E-state index in [1.165, 1.54) is 0 Å². The van der Waals surface area contributed by atoms with Crippen LogP contribution in [0.1, 0.15) is 19.4 Å². The molecule has 0 amide bonds. The number of nitrogens with zero attached hydrogens (tertiary/aromatic N) is 4. The van der Waals surface area contributed by atoms with Crippen LogP contribution in [-0.2, 0) is 0 Å². The molecular weight excluding hydrogens is 388 g/mol. The van der Waals surface area contributed by atoms with Crippen molar-refractivity contribution in [1.82, 2.24) is 14.9 Å². The van der Waals surface area contributed by atoms with Crippen LogP contribution < -0.4 is 14.2 Å². The van der Waals surface area contributed by atoms with E-state index in [1.54, 1.807) is 30.7 Å². The molecule has 1 aliphatic heterocycles. The number of aromatic nitrogens is 3. The number of para-hydroxylation sites is 1. The van der Waals surface area contributed by atoms with Gasteiger partial charge in [-0.2, -0.15) is 9.78 Å². The molecule has 0 bridgehead atoms. The fourth-order valence-electron chi connectivity index (χ4n) is 3.22. The van der Waals surface area contributed by atoms with Crippen molar-refractivity contribution in [2.75, 3.05) is 20.8 Å². The molecule has 0 saturated heterocycles. The molecule has 3 aromatic rings. The molecule has 2 aromatic carbocycles. The average molecular weight is 410 g/mol. The second-order valence-corrected chi connectivity index (χ2v) is 7.67. The van der Waals surface area contributed by atoms with Gasteiger partial charge in [0, 0.05) is 11.1 Å². The highest BCUT2D eigenvalue weighted by Gasteiger charge is 2.28. The molecule has 7 nitrogen and oxygen atoms in total. The van der Waals surface area contributed by atoms with Crippen LogP contribution >= 0.6 is 11.8 Å². The van der Waals surface area contributed by atoms with E-state index in [2.05, 4.69) is 17.1 Å². The topological polar surface area (TPSA) is 70.8 Å². The van der Waals surface area contributed by atoms with Crippen molar-refractivity contribution in [3.63, 3.8) is 0 Å². The molecule has 0 radical (unpaired) electrons. The van der Waals surface area contributed by atoms with Gasteiger partial charge in [0.15, 0.2) is 17.3 Å². The first kappa shape index (κ1) is 19.3. The predicted octanol–water partition coefficient (Wildman–Crippen LogP) is 4.11. The van der Waals surface area contributed by atoms with Crippen molar-refractivity contribution >= 4 is 17.5 Å².